The normalized spacial score (nSPS) is 10.3. The van der Waals surface area contributed by atoms with Crippen molar-refractivity contribution in [3.8, 4) is 0 Å². The maximum atomic E-state index is 12.4. The molecule has 0 spiro atoms. The molecule has 2 aromatic carbocycles. The van der Waals surface area contributed by atoms with Gasteiger partial charge in [-0.3, -0.25) is 9.78 Å². The van der Waals surface area contributed by atoms with Crippen LogP contribution in [0.5, 0.6) is 0 Å². The van der Waals surface area contributed by atoms with E-state index in [1.54, 1.807) is 12.4 Å². The highest BCUT2D eigenvalue weighted by Gasteiger charge is 2.07. The summed E-state index contributed by atoms with van der Waals surface area (Å²) < 4.78 is 0. The fraction of sp³-hybridized carbons (Fsp3) is 0.182. The molecule has 3 rings (SSSR count). The number of amides is 1. The van der Waals surface area contributed by atoms with E-state index in [0.29, 0.717) is 18.7 Å². The van der Waals surface area contributed by atoms with Crippen LogP contribution in [-0.2, 0) is 19.5 Å². The number of aryl methyl sites for hydroxylation is 1. The SMILES string of the molecule is CCc1ccccc1NCc1cccc(C(=O)NCc2cccnc2)c1. The van der Waals surface area contributed by atoms with Crippen molar-refractivity contribution in [1.82, 2.24) is 10.3 Å². The number of aromatic nitrogens is 1. The third-order valence-corrected chi connectivity index (χ3v) is 4.25. The Hall–Kier alpha value is -3.14. The van der Waals surface area contributed by atoms with Crippen LogP contribution in [0.3, 0.4) is 0 Å². The first kappa shape index (κ1) is 17.7. The van der Waals surface area contributed by atoms with E-state index in [1.165, 1.54) is 5.56 Å². The highest BCUT2D eigenvalue weighted by Crippen LogP contribution is 2.17. The van der Waals surface area contributed by atoms with Crippen LogP contribution in [0.2, 0.25) is 0 Å². The van der Waals surface area contributed by atoms with Crippen LogP contribution in [0.15, 0.2) is 73.1 Å². The van der Waals surface area contributed by atoms with E-state index in [4.69, 9.17) is 0 Å². The average molecular weight is 345 g/mol. The Morgan fingerprint density at radius 3 is 2.62 bits per heavy atom. The molecule has 0 aliphatic carbocycles. The molecule has 0 radical (unpaired) electrons. The van der Waals surface area contributed by atoms with Gasteiger partial charge < -0.3 is 10.6 Å². The molecule has 1 amide bonds. The number of pyridine rings is 1. The first-order valence-electron chi connectivity index (χ1n) is 8.84. The zero-order valence-electron chi connectivity index (χ0n) is 14.9. The minimum Gasteiger partial charge on any atom is -0.381 e. The zero-order valence-corrected chi connectivity index (χ0v) is 14.9. The molecule has 1 aromatic heterocycles. The second-order valence-electron chi connectivity index (χ2n) is 6.11. The molecule has 1 heterocycles. The molecule has 0 atom stereocenters. The van der Waals surface area contributed by atoms with Gasteiger partial charge in [-0.05, 0) is 47.4 Å². The molecular weight excluding hydrogens is 322 g/mol. The van der Waals surface area contributed by atoms with Gasteiger partial charge in [-0.15, -0.1) is 0 Å². The summed E-state index contributed by atoms with van der Waals surface area (Å²) in [5, 5.41) is 6.40. The van der Waals surface area contributed by atoms with Gasteiger partial charge in [-0.25, -0.2) is 0 Å². The van der Waals surface area contributed by atoms with Gasteiger partial charge in [-0.2, -0.15) is 0 Å². The number of hydrogen-bond acceptors (Lipinski definition) is 3. The van der Waals surface area contributed by atoms with Crippen molar-refractivity contribution in [3.05, 3.63) is 95.3 Å². The number of nitrogens with zero attached hydrogens (tertiary/aromatic N) is 1. The second kappa shape index (κ2) is 8.81. The second-order valence-corrected chi connectivity index (χ2v) is 6.11. The van der Waals surface area contributed by atoms with Crippen molar-refractivity contribution in [2.75, 3.05) is 5.32 Å². The lowest BCUT2D eigenvalue weighted by Crippen LogP contribution is -2.23. The van der Waals surface area contributed by atoms with Crippen LogP contribution in [0.25, 0.3) is 0 Å². The molecule has 2 N–H and O–H groups in total. The Morgan fingerprint density at radius 2 is 1.81 bits per heavy atom. The van der Waals surface area contributed by atoms with Crippen molar-refractivity contribution >= 4 is 11.6 Å². The number of hydrogen-bond donors (Lipinski definition) is 2. The Morgan fingerprint density at radius 1 is 0.962 bits per heavy atom. The predicted molar refractivity (Wildman–Crippen MR) is 105 cm³/mol. The Kier molecular flexibility index (Phi) is 5.99. The number of anilines is 1. The van der Waals surface area contributed by atoms with Gasteiger partial charge in [0, 0.05) is 36.7 Å². The summed E-state index contributed by atoms with van der Waals surface area (Å²) in [4.78, 5) is 16.5. The summed E-state index contributed by atoms with van der Waals surface area (Å²) in [6.07, 6.45) is 4.46. The fourth-order valence-corrected chi connectivity index (χ4v) is 2.81. The molecule has 3 aromatic rings. The summed E-state index contributed by atoms with van der Waals surface area (Å²) in [6.45, 7) is 3.30. The largest absolute Gasteiger partial charge is 0.381 e. The van der Waals surface area contributed by atoms with E-state index in [2.05, 4.69) is 40.7 Å². The first-order valence-corrected chi connectivity index (χ1v) is 8.84. The maximum Gasteiger partial charge on any atom is 0.251 e. The molecule has 0 saturated carbocycles. The van der Waals surface area contributed by atoms with Gasteiger partial charge in [0.1, 0.15) is 0 Å². The molecule has 4 nitrogen and oxygen atoms in total. The third-order valence-electron chi connectivity index (χ3n) is 4.25. The van der Waals surface area contributed by atoms with Crippen LogP contribution in [0.4, 0.5) is 5.69 Å². The molecule has 26 heavy (non-hydrogen) atoms. The molecule has 0 saturated heterocycles. The van der Waals surface area contributed by atoms with Crippen LogP contribution < -0.4 is 10.6 Å². The standard InChI is InChI=1S/C22H23N3O/c1-2-19-9-3-4-11-21(19)24-15-17-7-5-10-20(13-17)22(26)25-16-18-8-6-12-23-14-18/h3-14,24H,2,15-16H2,1H3,(H,25,26). The van der Waals surface area contributed by atoms with E-state index in [-0.39, 0.29) is 5.91 Å². The molecule has 0 bridgehead atoms. The van der Waals surface area contributed by atoms with Crippen molar-refractivity contribution < 1.29 is 4.79 Å². The van der Waals surface area contributed by atoms with Gasteiger partial charge in [0.25, 0.3) is 5.91 Å². The van der Waals surface area contributed by atoms with Gasteiger partial charge in [-0.1, -0.05) is 43.3 Å². The molecule has 0 aliphatic rings. The summed E-state index contributed by atoms with van der Waals surface area (Å²) in [5.74, 6) is -0.0790. The molecule has 132 valence electrons. The van der Waals surface area contributed by atoms with Gasteiger partial charge >= 0.3 is 0 Å². The number of para-hydroxylation sites is 1. The minimum absolute atomic E-state index is 0.0790. The van der Waals surface area contributed by atoms with Gasteiger partial charge in [0.15, 0.2) is 0 Å². The minimum atomic E-state index is -0.0790. The number of carbonyl (C=O) groups is 1. The Bertz CT molecular complexity index is 862. The van der Waals surface area contributed by atoms with Gasteiger partial charge in [0.05, 0.1) is 0 Å². The van der Waals surface area contributed by atoms with E-state index >= 15 is 0 Å². The maximum absolute atomic E-state index is 12.4. The summed E-state index contributed by atoms with van der Waals surface area (Å²) in [5.41, 5.74) is 5.15. The molecule has 0 fully saturated rings. The lowest BCUT2D eigenvalue weighted by molar-refractivity contribution is 0.0951. The van der Waals surface area contributed by atoms with Crippen LogP contribution in [0, 0.1) is 0 Å². The number of benzene rings is 2. The highest BCUT2D eigenvalue weighted by atomic mass is 16.1. The van der Waals surface area contributed by atoms with Crippen LogP contribution >= 0.6 is 0 Å². The number of rotatable bonds is 7. The average Bonchev–Trinajstić information content (AvgIpc) is 2.71. The van der Waals surface area contributed by atoms with Crippen molar-refractivity contribution in [2.45, 2.75) is 26.4 Å². The van der Waals surface area contributed by atoms with E-state index in [0.717, 1.165) is 23.2 Å². The van der Waals surface area contributed by atoms with Gasteiger partial charge in [0.2, 0.25) is 0 Å². The third kappa shape index (κ3) is 4.70. The quantitative estimate of drug-likeness (QED) is 0.675. The Balaban J connectivity index is 1.61. The van der Waals surface area contributed by atoms with Crippen LogP contribution in [-0.4, -0.2) is 10.9 Å². The predicted octanol–water partition coefficient (Wildman–Crippen LogP) is 4.19. The van der Waals surface area contributed by atoms with Crippen molar-refractivity contribution in [2.24, 2.45) is 0 Å². The molecule has 0 aliphatic heterocycles. The fourth-order valence-electron chi connectivity index (χ4n) is 2.81. The number of nitrogens with one attached hydrogen (secondary N) is 2. The summed E-state index contributed by atoms with van der Waals surface area (Å²) >= 11 is 0. The molecule has 0 unspecified atom stereocenters. The monoisotopic (exact) mass is 345 g/mol. The van der Waals surface area contributed by atoms with E-state index in [9.17, 15) is 4.79 Å². The van der Waals surface area contributed by atoms with E-state index in [1.807, 2.05) is 42.5 Å². The smallest absolute Gasteiger partial charge is 0.251 e. The van der Waals surface area contributed by atoms with E-state index < -0.39 is 0 Å². The van der Waals surface area contributed by atoms with Crippen LogP contribution in [0.1, 0.15) is 34.0 Å². The van der Waals surface area contributed by atoms with Crippen molar-refractivity contribution in [3.63, 3.8) is 0 Å². The lowest BCUT2D eigenvalue weighted by atomic mass is 10.1. The zero-order chi connectivity index (χ0) is 18.2. The number of carbonyl (C=O) groups excluding carboxylic acids is 1. The summed E-state index contributed by atoms with van der Waals surface area (Å²) in [6, 6.07) is 19.8. The first-order chi connectivity index (χ1) is 12.8. The summed E-state index contributed by atoms with van der Waals surface area (Å²) in [7, 11) is 0. The topological polar surface area (TPSA) is 54.0 Å². The molecule has 4 heteroatoms. The molecular formula is C22H23N3O. The Labute approximate surface area is 154 Å². The van der Waals surface area contributed by atoms with Crippen molar-refractivity contribution in [1.29, 1.82) is 0 Å². The lowest BCUT2D eigenvalue weighted by Gasteiger charge is -2.12. The highest BCUT2D eigenvalue weighted by molar-refractivity contribution is 5.94.